The average molecular weight is 386 g/mol. The van der Waals surface area contributed by atoms with E-state index in [-0.39, 0.29) is 11.1 Å². The first kappa shape index (κ1) is 21.1. The van der Waals surface area contributed by atoms with Crippen molar-refractivity contribution in [2.45, 2.75) is 52.6 Å². The molecular weight excluding hydrogens is 360 g/mol. The summed E-state index contributed by atoms with van der Waals surface area (Å²) in [4.78, 5) is 26.9. The number of carbonyl (C=O) groups excluding carboxylic acids is 1. The summed E-state index contributed by atoms with van der Waals surface area (Å²) in [6.45, 7) is 11.4. The topological polar surface area (TPSA) is 106 Å². The quantitative estimate of drug-likeness (QED) is 0.540. The zero-order valence-corrected chi connectivity index (χ0v) is 17.0. The van der Waals surface area contributed by atoms with Crippen LogP contribution in [0.3, 0.4) is 0 Å². The monoisotopic (exact) mass is 386 g/mol. The van der Waals surface area contributed by atoms with Gasteiger partial charge >= 0.3 is 6.09 Å². The second-order valence-corrected chi connectivity index (χ2v) is 8.42. The van der Waals surface area contributed by atoms with Gasteiger partial charge in [0.25, 0.3) is 5.69 Å². The fourth-order valence-corrected chi connectivity index (χ4v) is 2.37. The molecule has 0 fully saturated rings. The van der Waals surface area contributed by atoms with Gasteiger partial charge in [-0.3, -0.25) is 15.4 Å². The number of carbonyl (C=O) groups is 1. The molecule has 0 aliphatic heterocycles. The van der Waals surface area contributed by atoms with Crippen molar-refractivity contribution in [1.29, 1.82) is 0 Å². The second kappa shape index (κ2) is 7.84. The van der Waals surface area contributed by atoms with Gasteiger partial charge in [-0.1, -0.05) is 26.8 Å². The van der Waals surface area contributed by atoms with Gasteiger partial charge in [-0.15, -0.1) is 0 Å². The third kappa shape index (κ3) is 5.94. The van der Waals surface area contributed by atoms with Crippen LogP contribution in [0.15, 0.2) is 36.5 Å². The van der Waals surface area contributed by atoms with E-state index in [2.05, 4.69) is 15.6 Å². The maximum Gasteiger partial charge on any atom is 0.413 e. The average Bonchev–Trinajstić information content (AvgIpc) is 2.53. The molecule has 0 spiro atoms. The summed E-state index contributed by atoms with van der Waals surface area (Å²) < 4.78 is 5.17. The van der Waals surface area contributed by atoms with E-state index in [0.29, 0.717) is 17.2 Å². The molecule has 0 unspecified atom stereocenters. The summed E-state index contributed by atoms with van der Waals surface area (Å²) >= 11 is 0. The number of hydrogen-bond acceptors (Lipinski definition) is 6. The van der Waals surface area contributed by atoms with Crippen LogP contribution in [0.4, 0.5) is 27.7 Å². The Hall–Kier alpha value is -3.16. The van der Waals surface area contributed by atoms with E-state index in [9.17, 15) is 14.9 Å². The van der Waals surface area contributed by atoms with Crippen LogP contribution >= 0.6 is 0 Å². The highest BCUT2D eigenvalue weighted by molar-refractivity contribution is 5.83. The highest BCUT2D eigenvalue weighted by atomic mass is 16.6. The summed E-state index contributed by atoms with van der Waals surface area (Å²) in [5.41, 5.74) is 1.13. The molecule has 8 heteroatoms. The number of nitro groups is 1. The van der Waals surface area contributed by atoms with Crippen LogP contribution in [0.2, 0.25) is 0 Å². The van der Waals surface area contributed by atoms with Gasteiger partial charge in [0.2, 0.25) is 0 Å². The molecule has 2 rings (SSSR count). The number of ether oxygens (including phenoxy) is 1. The minimum absolute atomic E-state index is 0.0241. The first-order chi connectivity index (χ1) is 12.8. The Morgan fingerprint density at radius 3 is 2.29 bits per heavy atom. The molecule has 0 atom stereocenters. The molecule has 2 N–H and O–H groups in total. The van der Waals surface area contributed by atoms with Crippen LogP contribution < -0.4 is 10.6 Å². The lowest BCUT2D eigenvalue weighted by molar-refractivity contribution is -0.383. The van der Waals surface area contributed by atoms with Gasteiger partial charge < -0.3 is 10.1 Å². The molecule has 1 aromatic heterocycles. The van der Waals surface area contributed by atoms with Crippen LogP contribution in [-0.4, -0.2) is 21.6 Å². The molecule has 0 saturated carbocycles. The van der Waals surface area contributed by atoms with Gasteiger partial charge in [-0.2, -0.15) is 0 Å². The van der Waals surface area contributed by atoms with E-state index < -0.39 is 16.6 Å². The van der Waals surface area contributed by atoms with Crippen molar-refractivity contribution < 1.29 is 14.5 Å². The Morgan fingerprint density at radius 1 is 1.11 bits per heavy atom. The molecule has 8 nitrogen and oxygen atoms in total. The number of nitro benzene ring substituents is 1. The summed E-state index contributed by atoms with van der Waals surface area (Å²) in [5.74, 6) is 0.317. The lowest BCUT2D eigenvalue weighted by atomic mass is 9.86. The van der Waals surface area contributed by atoms with Gasteiger partial charge in [0.1, 0.15) is 17.1 Å². The van der Waals surface area contributed by atoms with Crippen molar-refractivity contribution in [3.63, 3.8) is 0 Å². The molecular formula is C20H26N4O4. The minimum Gasteiger partial charge on any atom is -0.444 e. The highest BCUT2D eigenvalue weighted by Gasteiger charge is 2.20. The largest absolute Gasteiger partial charge is 0.444 e. The van der Waals surface area contributed by atoms with Gasteiger partial charge in [-0.25, -0.2) is 9.78 Å². The minimum atomic E-state index is -0.609. The van der Waals surface area contributed by atoms with Crippen LogP contribution in [0.25, 0.3) is 0 Å². The number of benzene rings is 1. The number of aromatic nitrogens is 1. The molecule has 1 heterocycles. The lowest BCUT2D eigenvalue weighted by Crippen LogP contribution is -2.27. The van der Waals surface area contributed by atoms with Crippen molar-refractivity contribution in [2.24, 2.45) is 0 Å². The number of rotatable bonds is 4. The van der Waals surface area contributed by atoms with E-state index in [0.717, 1.165) is 5.56 Å². The molecule has 1 amide bonds. The second-order valence-electron chi connectivity index (χ2n) is 8.42. The fraction of sp³-hybridized carbons (Fsp3) is 0.400. The third-order valence-electron chi connectivity index (χ3n) is 3.73. The molecule has 0 radical (unpaired) electrons. The summed E-state index contributed by atoms with van der Waals surface area (Å²) in [6.07, 6.45) is 0.884. The first-order valence-electron chi connectivity index (χ1n) is 8.87. The van der Waals surface area contributed by atoms with E-state index in [1.165, 1.54) is 12.3 Å². The van der Waals surface area contributed by atoms with E-state index >= 15 is 0 Å². The van der Waals surface area contributed by atoms with Gasteiger partial charge in [0.15, 0.2) is 0 Å². The third-order valence-corrected chi connectivity index (χ3v) is 3.73. The van der Waals surface area contributed by atoms with Crippen molar-refractivity contribution in [3.8, 4) is 0 Å². The van der Waals surface area contributed by atoms with Crippen LogP contribution in [0.5, 0.6) is 0 Å². The molecule has 1 aromatic carbocycles. The molecule has 28 heavy (non-hydrogen) atoms. The van der Waals surface area contributed by atoms with E-state index in [4.69, 9.17) is 4.74 Å². The Bertz CT molecular complexity index is 865. The van der Waals surface area contributed by atoms with Gasteiger partial charge in [-0.05, 0) is 49.9 Å². The van der Waals surface area contributed by atoms with E-state index in [1.807, 2.05) is 20.8 Å². The summed E-state index contributed by atoms with van der Waals surface area (Å²) in [7, 11) is 0. The summed E-state index contributed by atoms with van der Waals surface area (Å²) in [5, 5.41) is 16.9. The SMILES string of the molecule is CC(C)(C)OC(=O)Nc1ccc(Nc2cc(C(C)(C)C)ccc2[N+](=O)[O-])cn1. The first-order valence-corrected chi connectivity index (χ1v) is 8.87. The van der Waals surface area contributed by atoms with Gasteiger partial charge in [0, 0.05) is 6.07 Å². The van der Waals surface area contributed by atoms with Crippen LogP contribution in [0, 0.1) is 10.1 Å². The Labute approximate surface area is 164 Å². The Balaban J connectivity index is 2.19. The molecule has 150 valence electrons. The standard InChI is InChI=1S/C20H26N4O4/c1-19(2,3)13-7-9-16(24(26)27)15(11-13)22-14-8-10-17(21-12-14)23-18(25)28-20(4,5)6/h7-12,22H,1-6H3,(H,21,23,25). The maximum atomic E-state index is 11.8. The van der Waals surface area contributed by atoms with Crippen molar-refractivity contribution in [2.75, 3.05) is 10.6 Å². The Morgan fingerprint density at radius 2 is 1.79 bits per heavy atom. The van der Waals surface area contributed by atoms with Crippen LogP contribution in [-0.2, 0) is 10.2 Å². The molecule has 0 saturated heterocycles. The number of nitrogens with zero attached hydrogens (tertiary/aromatic N) is 2. The number of hydrogen-bond donors (Lipinski definition) is 2. The maximum absolute atomic E-state index is 11.8. The molecule has 0 aliphatic carbocycles. The zero-order valence-electron chi connectivity index (χ0n) is 17.0. The smallest absolute Gasteiger partial charge is 0.413 e. The number of anilines is 3. The van der Waals surface area contributed by atoms with Crippen molar-refractivity contribution in [3.05, 3.63) is 52.2 Å². The molecule has 2 aromatic rings. The highest BCUT2D eigenvalue weighted by Crippen LogP contribution is 2.33. The van der Waals surface area contributed by atoms with Crippen molar-refractivity contribution >= 4 is 29.0 Å². The normalized spacial score (nSPS) is 11.6. The van der Waals surface area contributed by atoms with Crippen LogP contribution in [0.1, 0.15) is 47.1 Å². The lowest BCUT2D eigenvalue weighted by Gasteiger charge is -2.20. The van der Waals surface area contributed by atoms with Gasteiger partial charge in [0.05, 0.1) is 16.8 Å². The number of pyridine rings is 1. The Kier molecular flexibility index (Phi) is 5.92. The van der Waals surface area contributed by atoms with Crippen molar-refractivity contribution in [1.82, 2.24) is 4.98 Å². The number of amides is 1. The zero-order chi connectivity index (χ0) is 21.1. The predicted molar refractivity (Wildman–Crippen MR) is 109 cm³/mol. The summed E-state index contributed by atoms with van der Waals surface area (Å²) in [6, 6.07) is 8.29. The number of nitrogens with one attached hydrogen (secondary N) is 2. The molecule has 0 bridgehead atoms. The van der Waals surface area contributed by atoms with E-state index in [1.54, 1.807) is 45.0 Å². The molecule has 0 aliphatic rings. The predicted octanol–water partition coefficient (Wildman–Crippen LogP) is 5.38. The fourth-order valence-electron chi connectivity index (χ4n) is 2.37.